The monoisotopic (exact) mass is 428 g/mol. The Morgan fingerprint density at radius 3 is 1.36 bits per heavy atom. The lowest BCUT2D eigenvalue weighted by Gasteiger charge is -2.46. The van der Waals surface area contributed by atoms with Crippen molar-refractivity contribution in [3.8, 4) is 0 Å². The van der Waals surface area contributed by atoms with E-state index in [2.05, 4.69) is 31.4 Å². The van der Waals surface area contributed by atoms with Crippen LogP contribution in [0.15, 0.2) is 0 Å². The highest BCUT2D eigenvalue weighted by Gasteiger charge is 2.41. The third kappa shape index (κ3) is 6.04. The zero-order chi connectivity index (χ0) is 19.1. The van der Waals surface area contributed by atoms with Gasteiger partial charge in [-0.1, -0.05) is 60.1 Å². The molecule has 0 aromatic heterocycles. The van der Waals surface area contributed by atoms with Gasteiger partial charge in [0.1, 0.15) is 0 Å². The van der Waals surface area contributed by atoms with Crippen molar-refractivity contribution in [2.75, 3.05) is 52.9 Å². The van der Waals surface area contributed by atoms with Crippen LogP contribution >= 0.6 is 21.6 Å². The zero-order valence-corrected chi connectivity index (χ0v) is 19.3. The van der Waals surface area contributed by atoms with E-state index in [0.717, 1.165) is 26.7 Å². The summed E-state index contributed by atoms with van der Waals surface area (Å²) >= 11 is 0. The summed E-state index contributed by atoms with van der Waals surface area (Å²) in [6, 6.07) is 0. The lowest BCUT2D eigenvalue weighted by atomic mass is 9.88. The summed E-state index contributed by atoms with van der Waals surface area (Å²) in [5, 5.41) is 0. The molecule has 28 heavy (non-hydrogen) atoms. The lowest BCUT2D eigenvalue weighted by Crippen LogP contribution is -2.47. The minimum Gasteiger partial charge on any atom is -0.366 e. The maximum atomic E-state index is 5.77. The van der Waals surface area contributed by atoms with E-state index in [1.807, 2.05) is 0 Å². The van der Waals surface area contributed by atoms with E-state index in [-0.39, 0.29) is 0 Å². The number of ether oxygens (including phenoxy) is 2. The van der Waals surface area contributed by atoms with Gasteiger partial charge in [-0.2, -0.15) is 0 Å². The van der Waals surface area contributed by atoms with Gasteiger partial charge in [0.2, 0.25) is 0 Å². The summed E-state index contributed by atoms with van der Waals surface area (Å²) in [5.41, 5.74) is 0. The Bertz CT molecular complexity index is 413. The molecule has 4 nitrogen and oxygen atoms in total. The highest BCUT2D eigenvalue weighted by molar-refractivity contribution is 8.77. The van der Waals surface area contributed by atoms with Gasteiger partial charge in [-0.15, -0.1) is 0 Å². The van der Waals surface area contributed by atoms with Gasteiger partial charge in [0.25, 0.3) is 0 Å². The molecular weight excluding hydrogens is 388 g/mol. The summed E-state index contributed by atoms with van der Waals surface area (Å²) in [5.74, 6) is 0. The Morgan fingerprint density at radius 1 is 0.571 bits per heavy atom. The fourth-order valence-corrected chi connectivity index (χ4v) is 9.58. The SMILES string of the molecule is C1CCC(CN2CCCOC2)(SSC2(CN3CCCOC3)CCCCC2)CC1. The van der Waals surface area contributed by atoms with Crippen molar-refractivity contribution in [3.05, 3.63) is 0 Å². The minimum absolute atomic E-state index is 0.437. The van der Waals surface area contributed by atoms with E-state index in [9.17, 15) is 0 Å². The summed E-state index contributed by atoms with van der Waals surface area (Å²) in [6.07, 6.45) is 16.5. The Hall–Kier alpha value is 0.540. The van der Waals surface area contributed by atoms with E-state index >= 15 is 0 Å². The van der Waals surface area contributed by atoms with Crippen molar-refractivity contribution in [1.29, 1.82) is 0 Å². The normalized spacial score (nSPS) is 29.6. The van der Waals surface area contributed by atoms with Gasteiger partial charge in [0.05, 0.1) is 13.5 Å². The predicted octanol–water partition coefficient (Wildman–Crippen LogP) is 5.13. The molecule has 0 amide bonds. The lowest BCUT2D eigenvalue weighted by molar-refractivity contribution is -0.0198. The van der Waals surface area contributed by atoms with E-state index < -0.39 is 0 Å². The molecule has 0 N–H and O–H groups in total. The quantitative estimate of drug-likeness (QED) is 0.521. The molecule has 0 aromatic carbocycles. The van der Waals surface area contributed by atoms with E-state index in [0.29, 0.717) is 9.49 Å². The van der Waals surface area contributed by atoms with Crippen LogP contribution in [-0.2, 0) is 9.47 Å². The molecule has 162 valence electrons. The largest absolute Gasteiger partial charge is 0.366 e. The molecule has 0 radical (unpaired) electrons. The van der Waals surface area contributed by atoms with Gasteiger partial charge in [-0.25, -0.2) is 0 Å². The van der Waals surface area contributed by atoms with Gasteiger partial charge in [0.15, 0.2) is 0 Å². The fourth-order valence-electron chi connectivity index (χ4n) is 5.47. The van der Waals surface area contributed by atoms with E-state index in [1.165, 1.54) is 103 Å². The Morgan fingerprint density at radius 2 is 1.00 bits per heavy atom. The maximum absolute atomic E-state index is 5.77. The number of hydrogen-bond donors (Lipinski definition) is 0. The van der Waals surface area contributed by atoms with Crippen LogP contribution < -0.4 is 0 Å². The van der Waals surface area contributed by atoms with Gasteiger partial charge in [0, 0.05) is 48.9 Å². The summed E-state index contributed by atoms with van der Waals surface area (Å²) in [7, 11) is 4.57. The first-order chi connectivity index (χ1) is 13.8. The third-order valence-electron chi connectivity index (χ3n) is 7.02. The van der Waals surface area contributed by atoms with Gasteiger partial charge >= 0.3 is 0 Å². The predicted molar refractivity (Wildman–Crippen MR) is 121 cm³/mol. The standard InChI is InChI=1S/C22H40N2O2S2/c1-3-9-21(10-4-1,17-23-13-7-15-25-19-23)27-28-22(11-5-2-6-12-22)18-24-14-8-16-26-20-24/h1-20H2. The first-order valence-corrected chi connectivity index (χ1v) is 13.9. The van der Waals surface area contributed by atoms with Crippen LogP contribution in [0.2, 0.25) is 0 Å². The molecule has 2 aliphatic carbocycles. The van der Waals surface area contributed by atoms with Crippen molar-refractivity contribution in [2.45, 2.75) is 86.5 Å². The molecule has 0 atom stereocenters. The van der Waals surface area contributed by atoms with Gasteiger partial charge < -0.3 is 9.47 Å². The second-order valence-corrected chi connectivity index (χ2v) is 12.6. The average molecular weight is 429 g/mol. The molecule has 0 bridgehead atoms. The number of nitrogens with zero attached hydrogens (tertiary/aromatic N) is 2. The summed E-state index contributed by atoms with van der Waals surface area (Å²) in [6.45, 7) is 8.51. The summed E-state index contributed by atoms with van der Waals surface area (Å²) < 4.78 is 12.4. The molecule has 2 aliphatic heterocycles. The van der Waals surface area contributed by atoms with E-state index in [4.69, 9.17) is 9.47 Å². The van der Waals surface area contributed by atoms with Crippen LogP contribution in [0, 0.1) is 0 Å². The highest BCUT2D eigenvalue weighted by atomic mass is 33.1. The third-order valence-corrected chi connectivity index (χ3v) is 11.3. The van der Waals surface area contributed by atoms with Gasteiger partial charge in [-0.3, -0.25) is 9.80 Å². The van der Waals surface area contributed by atoms with Crippen molar-refractivity contribution in [2.24, 2.45) is 0 Å². The maximum Gasteiger partial charge on any atom is 0.0990 e. The van der Waals surface area contributed by atoms with E-state index in [1.54, 1.807) is 0 Å². The van der Waals surface area contributed by atoms with Crippen LogP contribution in [-0.4, -0.2) is 72.1 Å². The molecule has 0 spiro atoms. The number of rotatable bonds is 7. The average Bonchev–Trinajstić information content (AvgIpc) is 2.75. The first-order valence-electron chi connectivity index (χ1n) is 11.7. The molecule has 4 fully saturated rings. The molecule has 0 unspecified atom stereocenters. The molecule has 4 aliphatic rings. The second-order valence-electron chi connectivity index (χ2n) is 9.54. The van der Waals surface area contributed by atoms with Crippen molar-refractivity contribution in [1.82, 2.24) is 9.80 Å². The Kier molecular flexibility index (Phi) is 8.33. The second kappa shape index (κ2) is 10.7. The molecule has 2 saturated carbocycles. The molecule has 4 rings (SSSR count). The molecule has 2 saturated heterocycles. The highest BCUT2D eigenvalue weighted by Crippen LogP contribution is 2.54. The number of hydrogen-bond acceptors (Lipinski definition) is 6. The molecule has 0 aromatic rings. The van der Waals surface area contributed by atoms with Crippen LogP contribution in [0.1, 0.15) is 77.0 Å². The molecule has 2 heterocycles. The van der Waals surface area contributed by atoms with Crippen molar-refractivity contribution in [3.63, 3.8) is 0 Å². The van der Waals surface area contributed by atoms with Gasteiger partial charge in [-0.05, 0) is 38.5 Å². The smallest absolute Gasteiger partial charge is 0.0990 e. The Balaban J connectivity index is 1.40. The Labute approximate surface area is 180 Å². The topological polar surface area (TPSA) is 24.9 Å². The molecular formula is C22H40N2O2S2. The zero-order valence-electron chi connectivity index (χ0n) is 17.7. The van der Waals surface area contributed by atoms with Crippen LogP contribution in [0.5, 0.6) is 0 Å². The van der Waals surface area contributed by atoms with Crippen LogP contribution in [0.4, 0.5) is 0 Å². The van der Waals surface area contributed by atoms with Crippen molar-refractivity contribution < 1.29 is 9.47 Å². The fraction of sp³-hybridized carbons (Fsp3) is 1.00. The summed E-state index contributed by atoms with van der Waals surface area (Å²) in [4.78, 5) is 5.18. The minimum atomic E-state index is 0.437. The first kappa shape index (κ1) is 21.8. The van der Waals surface area contributed by atoms with Crippen LogP contribution in [0.3, 0.4) is 0 Å². The van der Waals surface area contributed by atoms with Crippen LogP contribution in [0.25, 0.3) is 0 Å². The molecule has 6 heteroatoms. The van der Waals surface area contributed by atoms with Crippen molar-refractivity contribution >= 4 is 21.6 Å².